The Kier molecular flexibility index (Phi) is 4.66. The lowest BCUT2D eigenvalue weighted by Gasteiger charge is -2.16. The van der Waals surface area contributed by atoms with Gasteiger partial charge in [-0.2, -0.15) is 11.8 Å². The number of nitrogens with one attached hydrogen (secondary N) is 1. The minimum atomic E-state index is 0.578. The summed E-state index contributed by atoms with van der Waals surface area (Å²) in [6, 6.07) is 4.71. The van der Waals surface area contributed by atoms with Gasteiger partial charge in [0.1, 0.15) is 0 Å². The predicted octanol–water partition coefficient (Wildman–Crippen LogP) is 5.28. The summed E-state index contributed by atoms with van der Waals surface area (Å²) in [5, 5.41) is 4.37. The number of halogens is 3. The molecule has 0 saturated carbocycles. The summed E-state index contributed by atoms with van der Waals surface area (Å²) in [5.41, 5.74) is 1.16. The molecule has 1 N–H and O–H groups in total. The number of thioether (sulfide) groups is 1. The van der Waals surface area contributed by atoms with Gasteiger partial charge in [0.05, 0.1) is 5.69 Å². The topological polar surface area (TPSA) is 12.0 Å². The van der Waals surface area contributed by atoms with Gasteiger partial charge in [-0.05, 0) is 50.4 Å². The molecular weight excluding hydrogens is 418 g/mol. The van der Waals surface area contributed by atoms with Gasteiger partial charge in [0.15, 0.2) is 0 Å². The van der Waals surface area contributed by atoms with Crippen molar-refractivity contribution in [3.8, 4) is 0 Å². The average molecular weight is 430 g/mol. The monoisotopic (exact) mass is 427 g/mol. The van der Waals surface area contributed by atoms with Crippen LogP contribution in [0.3, 0.4) is 0 Å². The molecule has 0 bridgehead atoms. The fourth-order valence-electron chi connectivity index (χ4n) is 1.80. The number of hydrogen-bond donors (Lipinski definition) is 1. The van der Waals surface area contributed by atoms with Crippen molar-refractivity contribution in [1.29, 1.82) is 0 Å². The molecule has 1 fully saturated rings. The zero-order valence-electron chi connectivity index (χ0n) is 8.77. The van der Waals surface area contributed by atoms with Crippen molar-refractivity contribution in [3.05, 3.63) is 25.6 Å². The highest BCUT2D eigenvalue weighted by molar-refractivity contribution is 9.11. The number of benzene rings is 1. The fourth-order valence-corrected chi connectivity index (χ4v) is 5.44. The van der Waals surface area contributed by atoms with E-state index in [1.807, 2.05) is 11.8 Å². The minimum Gasteiger partial charge on any atom is -0.380 e. The van der Waals surface area contributed by atoms with E-state index in [-0.39, 0.29) is 0 Å². The Hall–Kier alpha value is 0.810. The Morgan fingerprint density at radius 1 is 1.25 bits per heavy atom. The van der Waals surface area contributed by atoms with Crippen molar-refractivity contribution in [1.82, 2.24) is 0 Å². The Balaban J connectivity index is 2.15. The van der Waals surface area contributed by atoms with Crippen LogP contribution >= 0.6 is 59.6 Å². The van der Waals surface area contributed by atoms with E-state index in [0.717, 1.165) is 24.4 Å². The molecule has 88 valence electrons. The van der Waals surface area contributed by atoms with Gasteiger partial charge in [0, 0.05) is 30.5 Å². The van der Waals surface area contributed by atoms with Crippen LogP contribution in [0.1, 0.15) is 13.3 Å². The molecule has 0 aromatic heterocycles. The van der Waals surface area contributed by atoms with E-state index in [1.54, 1.807) is 0 Å². The normalized spacial score (nSPS) is 24.8. The molecule has 1 heterocycles. The first-order valence-corrected chi connectivity index (χ1v) is 8.51. The van der Waals surface area contributed by atoms with Crippen LogP contribution in [0.2, 0.25) is 0 Å². The quantitative estimate of drug-likeness (QED) is 0.686. The highest BCUT2D eigenvalue weighted by Crippen LogP contribution is 2.37. The second-order valence-electron chi connectivity index (χ2n) is 3.97. The molecule has 0 spiro atoms. The smallest absolute Gasteiger partial charge is 0.0632 e. The van der Waals surface area contributed by atoms with E-state index in [2.05, 4.69) is 72.2 Å². The van der Waals surface area contributed by atoms with Crippen LogP contribution < -0.4 is 5.32 Å². The van der Waals surface area contributed by atoms with E-state index in [4.69, 9.17) is 0 Å². The van der Waals surface area contributed by atoms with Crippen LogP contribution in [-0.4, -0.2) is 17.0 Å². The van der Waals surface area contributed by atoms with Crippen LogP contribution in [0.15, 0.2) is 25.6 Å². The molecule has 16 heavy (non-hydrogen) atoms. The Morgan fingerprint density at radius 2 is 1.88 bits per heavy atom. The maximum Gasteiger partial charge on any atom is 0.0632 e. The number of rotatable bonds is 2. The van der Waals surface area contributed by atoms with Crippen molar-refractivity contribution >= 4 is 65.2 Å². The first-order valence-electron chi connectivity index (χ1n) is 5.09. The van der Waals surface area contributed by atoms with Gasteiger partial charge in [-0.25, -0.2) is 0 Å². The molecule has 2 atom stereocenters. The van der Waals surface area contributed by atoms with Crippen LogP contribution in [0.25, 0.3) is 0 Å². The molecule has 0 amide bonds. The zero-order valence-corrected chi connectivity index (χ0v) is 14.3. The molecule has 0 aliphatic carbocycles. The fraction of sp³-hybridized carbons (Fsp3) is 0.455. The standard InChI is InChI=1S/C11H12Br3NS/c1-6-2-8(5-16-6)15-11-9(13)3-7(12)4-10(11)14/h3-4,6,8,15H,2,5H2,1H3. The van der Waals surface area contributed by atoms with Crippen LogP contribution in [-0.2, 0) is 0 Å². The Labute approximate surface area is 126 Å². The Morgan fingerprint density at radius 3 is 2.38 bits per heavy atom. The van der Waals surface area contributed by atoms with Crippen LogP contribution in [0.5, 0.6) is 0 Å². The van der Waals surface area contributed by atoms with E-state index in [1.165, 1.54) is 12.2 Å². The first kappa shape index (κ1) is 13.2. The maximum atomic E-state index is 3.60. The summed E-state index contributed by atoms with van der Waals surface area (Å²) in [5.74, 6) is 1.19. The molecule has 2 rings (SSSR count). The van der Waals surface area contributed by atoms with Crippen molar-refractivity contribution in [2.24, 2.45) is 0 Å². The summed E-state index contributed by atoms with van der Waals surface area (Å²) in [7, 11) is 0. The lowest BCUT2D eigenvalue weighted by Crippen LogP contribution is -2.19. The van der Waals surface area contributed by atoms with Gasteiger partial charge in [-0.3, -0.25) is 0 Å². The van der Waals surface area contributed by atoms with E-state index in [0.29, 0.717) is 6.04 Å². The maximum absolute atomic E-state index is 3.60. The van der Waals surface area contributed by atoms with Crippen molar-refractivity contribution < 1.29 is 0 Å². The van der Waals surface area contributed by atoms with Gasteiger partial charge in [-0.1, -0.05) is 22.9 Å². The summed E-state index contributed by atoms with van der Waals surface area (Å²) < 4.78 is 3.27. The van der Waals surface area contributed by atoms with Gasteiger partial charge in [0.25, 0.3) is 0 Å². The van der Waals surface area contributed by atoms with Gasteiger partial charge in [0.2, 0.25) is 0 Å². The summed E-state index contributed by atoms with van der Waals surface area (Å²) in [6.45, 7) is 2.29. The van der Waals surface area contributed by atoms with Gasteiger partial charge < -0.3 is 5.32 Å². The average Bonchev–Trinajstić information content (AvgIpc) is 2.58. The third kappa shape index (κ3) is 3.18. The molecule has 1 aliphatic rings. The Bertz CT molecular complexity index is 374. The molecular formula is C11H12Br3NS. The van der Waals surface area contributed by atoms with Crippen LogP contribution in [0, 0.1) is 0 Å². The summed E-state index contributed by atoms with van der Waals surface area (Å²) in [4.78, 5) is 0. The third-order valence-corrected chi connectivity index (χ3v) is 5.62. The van der Waals surface area contributed by atoms with E-state index in [9.17, 15) is 0 Å². The highest BCUT2D eigenvalue weighted by Gasteiger charge is 2.22. The second kappa shape index (κ2) is 5.63. The second-order valence-corrected chi connectivity index (χ2v) is 8.06. The van der Waals surface area contributed by atoms with Gasteiger partial charge >= 0.3 is 0 Å². The van der Waals surface area contributed by atoms with Crippen LogP contribution in [0.4, 0.5) is 5.69 Å². The highest BCUT2D eigenvalue weighted by atomic mass is 79.9. The lowest BCUT2D eigenvalue weighted by atomic mass is 10.2. The number of anilines is 1. The van der Waals surface area contributed by atoms with Crippen molar-refractivity contribution in [2.45, 2.75) is 24.6 Å². The first-order chi connectivity index (χ1) is 7.56. The SMILES string of the molecule is CC1CC(Nc2c(Br)cc(Br)cc2Br)CS1. The minimum absolute atomic E-state index is 0.578. The molecule has 1 saturated heterocycles. The van der Waals surface area contributed by atoms with E-state index >= 15 is 0 Å². The molecule has 1 aromatic rings. The van der Waals surface area contributed by atoms with Crippen molar-refractivity contribution in [2.75, 3.05) is 11.1 Å². The van der Waals surface area contributed by atoms with Gasteiger partial charge in [-0.15, -0.1) is 0 Å². The molecule has 1 nitrogen and oxygen atoms in total. The molecule has 2 unspecified atom stereocenters. The van der Waals surface area contributed by atoms with E-state index < -0.39 is 0 Å². The molecule has 0 radical (unpaired) electrons. The third-order valence-electron chi connectivity index (χ3n) is 2.55. The molecule has 1 aromatic carbocycles. The van der Waals surface area contributed by atoms with Crippen molar-refractivity contribution in [3.63, 3.8) is 0 Å². The lowest BCUT2D eigenvalue weighted by molar-refractivity contribution is 0.746. The molecule has 1 aliphatic heterocycles. The summed E-state index contributed by atoms with van der Waals surface area (Å²) in [6.07, 6.45) is 1.24. The zero-order chi connectivity index (χ0) is 11.7. The predicted molar refractivity (Wildman–Crippen MR) is 83.5 cm³/mol. The number of hydrogen-bond acceptors (Lipinski definition) is 2. The molecule has 5 heteroatoms. The largest absolute Gasteiger partial charge is 0.380 e. The summed E-state index contributed by atoms with van der Waals surface area (Å²) >= 11 is 12.7.